The van der Waals surface area contributed by atoms with Gasteiger partial charge in [0, 0.05) is 24.9 Å². The van der Waals surface area contributed by atoms with E-state index in [1.165, 1.54) is 6.42 Å². The number of amides is 1. The molecule has 0 radical (unpaired) electrons. The highest BCUT2D eigenvalue weighted by atomic mass is 16.4. The van der Waals surface area contributed by atoms with Gasteiger partial charge in [-0.25, -0.2) is 0 Å². The molecule has 1 saturated heterocycles. The summed E-state index contributed by atoms with van der Waals surface area (Å²) in [4.78, 5) is 14.3. The maximum atomic E-state index is 12.4. The maximum Gasteiger partial charge on any atom is 0.225 e. The third kappa shape index (κ3) is 2.06. The minimum atomic E-state index is 0.0311. The average Bonchev–Trinajstić information content (AvgIpc) is 3.03. The van der Waals surface area contributed by atoms with Crippen LogP contribution in [0.3, 0.4) is 0 Å². The first-order chi connectivity index (χ1) is 8.69. The molecule has 0 spiro atoms. The second-order valence-corrected chi connectivity index (χ2v) is 6.07. The van der Waals surface area contributed by atoms with Gasteiger partial charge in [0.2, 0.25) is 5.91 Å². The molecule has 3 N–H and O–H groups in total. The quantitative estimate of drug-likeness (QED) is 0.333. The number of oxime groups is 1. The van der Waals surface area contributed by atoms with E-state index in [0.29, 0.717) is 12.5 Å². The van der Waals surface area contributed by atoms with Crippen LogP contribution < -0.4 is 5.73 Å². The Labute approximate surface area is 107 Å². The second kappa shape index (κ2) is 4.44. The van der Waals surface area contributed by atoms with Crippen LogP contribution in [0.1, 0.15) is 32.1 Å². The van der Waals surface area contributed by atoms with Crippen LogP contribution in [0, 0.1) is 23.7 Å². The van der Waals surface area contributed by atoms with Crippen LogP contribution in [-0.4, -0.2) is 34.9 Å². The fourth-order valence-corrected chi connectivity index (χ4v) is 3.67. The summed E-state index contributed by atoms with van der Waals surface area (Å²) < 4.78 is 0. The summed E-state index contributed by atoms with van der Waals surface area (Å²) in [7, 11) is 0. The molecule has 5 nitrogen and oxygen atoms in total. The molecule has 3 aliphatic rings. The minimum absolute atomic E-state index is 0.0311. The summed E-state index contributed by atoms with van der Waals surface area (Å²) in [6, 6.07) is 0. The molecule has 0 aromatic carbocycles. The van der Waals surface area contributed by atoms with Crippen molar-refractivity contribution in [1.29, 1.82) is 0 Å². The van der Waals surface area contributed by atoms with E-state index in [4.69, 9.17) is 10.9 Å². The first-order valence-electron chi connectivity index (χ1n) is 6.95. The van der Waals surface area contributed by atoms with Gasteiger partial charge >= 0.3 is 0 Å². The molecule has 100 valence electrons. The zero-order chi connectivity index (χ0) is 12.7. The lowest BCUT2D eigenvalue weighted by molar-refractivity contribution is -0.137. The molecule has 3 atom stereocenters. The smallest absolute Gasteiger partial charge is 0.225 e. The van der Waals surface area contributed by atoms with E-state index < -0.39 is 0 Å². The van der Waals surface area contributed by atoms with Gasteiger partial charge < -0.3 is 15.8 Å². The van der Waals surface area contributed by atoms with Gasteiger partial charge in [0.1, 0.15) is 5.84 Å². The predicted octanol–water partition coefficient (Wildman–Crippen LogP) is 1.02. The zero-order valence-corrected chi connectivity index (χ0v) is 10.6. The summed E-state index contributed by atoms with van der Waals surface area (Å²) in [6.07, 6.45) is 5.39. The van der Waals surface area contributed by atoms with Crippen LogP contribution >= 0.6 is 0 Å². The van der Waals surface area contributed by atoms with Crippen molar-refractivity contribution in [2.75, 3.05) is 13.1 Å². The molecule has 0 aromatic rings. The molecule has 18 heavy (non-hydrogen) atoms. The van der Waals surface area contributed by atoms with E-state index in [-0.39, 0.29) is 17.7 Å². The highest BCUT2D eigenvalue weighted by Gasteiger charge is 2.49. The van der Waals surface area contributed by atoms with Gasteiger partial charge in [-0.15, -0.1) is 0 Å². The highest BCUT2D eigenvalue weighted by Crippen LogP contribution is 2.54. The third-order valence-corrected chi connectivity index (χ3v) is 4.86. The maximum absolute atomic E-state index is 12.4. The zero-order valence-electron chi connectivity index (χ0n) is 10.6. The van der Waals surface area contributed by atoms with E-state index in [1.54, 1.807) is 0 Å². The monoisotopic (exact) mass is 251 g/mol. The number of nitrogens with two attached hydrogens (primary N) is 1. The first-order valence-corrected chi connectivity index (χ1v) is 6.95. The van der Waals surface area contributed by atoms with Crippen molar-refractivity contribution in [3.8, 4) is 0 Å². The van der Waals surface area contributed by atoms with E-state index in [0.717, 1.165) is 44.1 Å². The number of hydrogen-bond acceptors (Lipinski definition) is 3. The van der Waals surface area contributed by atoms with Crippen molar-refractivity contribution in [3.63, 3.8) is 0 Å². The van der Waals surface area contributed by atoms with Gasteiger partial charge in [0.05, 0.1) is 0 Å². The number of rotatable bonds is 2. The average molecular weight is 251 g/mol. The lowest BCUT2D eigenvalue weighted by atomic mass is 9.94. The van der Waals surface area contributed by atoms with E-state index in [1.807, 2.05) is 4.90 Å². The third-order valence-electron chi connectivity index (χ3n) is 4.86. The van der Waals surface area contributed by atoms with E-state index in [2.05, 4.69) is 5.16 Å². The van der Waals surface area contributed by atoms with Crippen LogP contribution in [0.15, 0.2) is 5.16 Å². The molecule has 0 aromatic heterocycles. The lowest BCUT2D eigenvalue weighted by Crippen LogP contribution is -2.46. The standard InChI is InChI=1S/C13H21N3O2/c14-12(15-18)8-2-1-3-16(7-8)13(17)11-5-9-4-10(9)6-11/h8-11,18H,1-7H2,(H2,14,15). The number of hydrogen-bond donors (Lipinski definition) is 2. The normalized spacial score (nSPS) is 39.6. The van der Waals surface area contributed by atoms with Gasteiger partial charge in [-0.3, -0.25) is 4.79 Å². The molecule has 3 rings (SSSR count). The van der Waals surface area contributed by atoms with E-state index >= 15 is 0 Å². The van der Waals surface area contributed by atoms with Crippen molar-refractivity contribution in [1.82, 2.24) is 4.90 Å². The number of likely N-dealkylation sites (tertiary alicyclic amines) is 1. The Morgan fingerprint density at radius 2 is 1.94 bits per heavy atom. The van der Waals surface area contributed by atoms with Crippen molar-refractivity contribution in [2.45, 2.75) is 32.1 Å². The van der Waals surface area contributed by atoms with Gasteiger partial charge in [-0.1, -0.05) is 5.16 Å². The number of fused-ring (bicyclic) bond motifs is 1. The molecule has 1 aliphatic heterocycles. The van der Waals surface area contributed by atoms with Crippen molar-refractivity contribution in [2.24, 2.45) is 34.6 Å². The fourth-order valence-electron chi connectivity index (χ4n) is 3.67. The first kappa shape index (κ1) is 11.8. The molecule has 2 aliphatic carbocycles. The Kier molecular flexibility index (Phi) is 2.92. The summed E-state index contributed by atoms with van der Waals surface area (Å²) in [5, 5.41) is 11.8. The summed E-state index contributed by atoms with van der Waals surface area (Å²) in [6.45, 7) is 1.46. The largest absolute Gasteiger partial charge is 0.409 e. The van der Waals surface area contributed by atoms with Gasteiger partial charge in [0.15, 0.2) is 0 Å². The van der Waals surface area contributed by atoms with Crippen molar-refractivity contribution >= 4 is 11.7 Å². The Balaban J connectivity index is 1.59. The van der Waals surface area contributed by atoms with Gasteiger partial charge in [-0.2, -0.15) is 0 Å². The van der Waals surface area contributed by atoms with Crippen LogP contribution in [0.2, 0.25) is 0 Å². The summed E-state index contributed by atoms with van der Waals surface area (Å²) in [5.41, 5.74) is 5.65. The number of carbonyl (C=O) groups excluding carboxylic acids is 1. The van der Waals surface area contributed by atoms with E-state index in [9.17, 15) is 4.79 Å². The Hall–Kier alpha value is -1.26. The number of carbonyl (C=O) groups is 1. The highest BCUT2D eigenvalue weighted by molar-refractivity contribution is 5.84. The number of nitrogens with zero attached hydrogens (tertiary/aromatic N) is 2. The SMILES string of the molecule is NC(=NO)C1CCCN(C(=O)C2CC3CC3C2)C1. The fraction of sp³-hybridized carbons (Fsp3) is 0.846. The van der Waals surface area contributed by atoms with Crippen LogP contribution in [0.4, 0.5) is 0 Å². The van der Waals surface area contributed by atoms with Crippen LogP contribution in [0.5, 0.6) is 0 Å². The van der Waals surface area contributed by atoms with Crippen LogP contribution in [-0.2, 0) is 4.79 Å². The Morgan fingerprint density at radius 3 is 2.61 bits per heavy atom. The van der Waals surface area contributed by atoms with Crippen molar-refractivity contribution in [3.05, 3.63) is 0 Å². The number of piperidine rings is 1. The Morgan fingerprint density at radius 1 is 1.22 bits per heavy atom. The summed E-state index contributed by atoms with van der Waals surface area (Å²) >= 11 is 0. The van der Waals surface area contributed by atoms with Gasteiger partial charge in [-0.05, 0) is 43.9 Å². The summed E-state index contributed by atoms with van der Waals surface area (Å²) in [5.74, 6) is 2.52. The molecular weight excluding hydrogens is 230 g/mol. The molecule has 5 heteroatoms. The van der Waals surface area contributed by atoms with Crippen LogP contribution in [0.25, 0.3) is 0 Å². The molecule has 2 saturated carbocycles. The van der Waals surface area contributed by atoms with Crippen molar-refractivity contribution < 1.29 is 10.0 Å². The Bertz CT molecular complexity index is 372. The van der Waals surface area contributed by atoms with Gasteiger partial charge in [0.25, 0.3) is 0 Å². The minimum Gasteiger partial charge on any atom is -0.409 e. The molecule has 3 unspecified atom stereocenters. The number of amidine groups is 1. The predicted molar refractivity (Wildman–Crippen MR) is 67.0 cm³/mol. The topological polar surface area (TPSA) is 78.9 Å². The lowest BCUT2D eigenvalue weighted by Gasteiger charge is -2.34. The molecule has 1 amide bonds. The molecule has 3 fully saturated rings. The molecule has 1 heterocycles. The molecule has 0 bridgehead atoms. The second-order valence-electron chi connectivity index (χ2n) is 6.07. The molecular formula is C13H21N3O2.